The number of ether oxygens (including phenoxy) is 2. The molecule has 1 saturated heterocycles. The minimum absolute atomic E-state index is 0.0425. The highest BCUT2D eigenvalue weighted by Crippen LogP contribution is 2.18. The molecule has 0 unspecified atom stereocenters. The maximum atomic E-state index is 12.7. The molecule has 1 aromatic carbocycles. The van der Waals surface area contributed by atoms with Crippen LogP contribution in [0.2, 0.25) is 0 Å². The smallest absolute Gasteiger partial charge is 0.290 e. The first kappa shape index (κ1) is 17.4. The summed E-state index contributed by atoms with van der Waals surface area (Å²) in [7, 11) is 1.77. The van der Waals surface area contributed by atoms with Crippen molar-refractivity contribution in [3.8, 4) is 5.75 Å². The second-order valence-electron chi connectivity index (χ2n) is 6.47. The Hall–Kier alpha value is -2.38. The second-order valence-corrected chi connectivity index (χ2v) is 6.47. The van der Waals surface area contributed by atoms with Crippen LogP contribution in [0.1, 0.15) is 16.2 Å². The molecular formula is C18H23N3O4. The number of imidazole rings is 1. The summed E-state index contributed by atoms with van der Waals surface area (Å²) in [5.41, 5.74) is -0.200. The van der Waals surface area contributed by atoms with Crippen molar-refractivity contribution in [2.45, 2.75) is 12.5 Å². The third kappa shape index (κ3) is 4.18. The van der Waals surface area contributed by atoms with Crippen molar-refractivity contribution >= 4 is 5.91 Å². The summed E-state index contributed by atoms with van der Waals surface area (Å²) >= 11 is 0. The van der Waals surface area contributed by atoms with Crippen molar-refractivity contribution in [1.29, 1.82) is 0 Å². The molecule has 2 heterocycles. The van der Waals surface area contributed by atoms with Gasteiger partial charge in [0.1, 0.15) is 18.0 Å². The Balaban J connectivity index is 1.70. The molecule has 1 aliphatic heterocycles. The van der Waals surface area contributed by atoms with Gasteiger partial charge in [-0.05, 0) is 24.6 Å². The third-order valence-electron chi connectivity index (χ3n) is 4.16. The van der Waals surface area contributed by atoms with Crippen molar-refractivity contribution in [3.63, 3.8) is 0 Å². The summed E-state index contributed by atoms with van der Waals surface area (Å²) in [6, 6.07) is 7.61. The Kier molecular flexibility index (Phi) is 5.06. The summed E-state index contributed by atoms with van der Waals surface area (Å²) in [5.74, 6) is 0.787. The molecule has 1 N–H and O–H groups in total. The van der Waals surface area contributed by atoms with E-state index >= 15 is 0 Å². The molecule has 1 atom stereocenters. The first-order valence-electron chi connectivity index (χ1n) is 8.23. The van der Waals surface area contributed by atoms with E-state index in [0.717, 1.165) is 5.56 Å². The standard InChI is InChI=1S/C18H23N3O4/c1-14-4-3-5-15(10-14)25-13-18(23)11-21(8-9-24-12-18)17(22)16-19-6-7-20(16)2/h3-7,10,23H,8-9,11-13H2,1-2H3/t18-/m0/s1. The molecule has 1 aliphatic rings. The number of aliphatic hydroxyl groups is 1. The molecule has 0 saturated carbocycles. The van der Waals surface area contributed by atoms with Gasteiger partial charge in [-0.1, -0.05) is 12.1 Å². The van der Waals surface area contributed by atoms with Gasteiger partial charge in [0.15, 0.2) is 5.82 Å². The molecule has 7 heteroatoms. The first-order chi connectivity index (χ1) is 12.0. The lowest BCUT2D eigenvalue weighted by Crippen LogP contribution is -2.50. The highest BCUT2D eigenvalue weighted by atomic mass is 16.5. The average Bonchev–Trinajstić information content (AvgIpc) is 2.91. The van der Waals surface area contributed by atoms with E-state index in [1.807, 2.05) is 31.2 Å². The Morgan fingerprint density at radius 2 is 2.32 bits per heavy atom. The Morgan fingerprint density at radius 1 is 1.48 bits per heavy atom. The van der Waals surface area contributed by atoms with Crippen LogP contribution >= 0.6 is 0 Å². The lowest BCUT2D eigenvalue weighted by Gasteiger charge is -2.30. The normalized spacial score (nSPS) is 21.0. The van der Waals surface area contributed by atoms with Crippen LogP contribution in [-0.2, 0) is 11.8 Å². The number of aromatic nitrogens is 2. The number of carbonyl (C=O) groups excluding carboxylic acids is 1. The van der Waals surface area contributed by atoms with Crippen LogP contribution in [0.15, 0.2) is 36.7 Å². The van der Waals surface area contributed by atoms with Gasteiger partial charge in [-0.2, -0.15) is 0 Å². The van der Waals surface area contributed by atoms with Crippen LogP contribution in [-0.4, -0.2) is 64.0 Å². The lowest BCUT2D eigenvalue weighted by molar-refractivity contribution is -0.0621. The number of rotatable bonds is 4. The Bertz CT molecular complexity index is 745. The van der Waals surface area contributed by atoms with Gasteiger partial charge in [-0.25, -0.2) is 4.98 Å². The summed E-state index contributed by atoms with van der Waals surface area (Å²) in [6.45, 7) is 3.03. The van der Waals surface area contributed by atoms with Crippen LogP contribution in [0.5, 0.6) is 5.75 Å². The van der Waals surface area contributed by atoms with Gasteiger partial charge in [0.05, 0.1) is 19.8 Å². The molecule has 134 valence electrons. The van der Waals surface area contributed by atoms with E-state index in [1.165, 1.54) is 0 Å². The number of nitrogens with zero attached hydrogens (tertiary/aromatic N) is 3. The minimum atomic E-state index is -1.28. The van der Waals surface area contributed by atoms with Gasteiger partial charge in [0.25, 0.3) is 5.91 Å². The molecule has 0 spiro atoms. The van der Waals surface area contributed by atoms with E-state index < -0.39 is 5.60 Å². The van der Waals surface area contributed by atoms with Crippen molar-refractivity contribution in [2.24, 2.45) is 7.05 Å². The molecule has 0 bridgehead atoms. The zero-order chi connectivity index (χ0) is 17.9. The van der Waals surface area contributed by atoms with Crippen LogP contribution in [0.25, 0.3) is 0 Å². The summed E-state index contributed by atoms with van der Waals surface area (Å²) in [5, 5.41) is 10.9. The zero-order valence-electron chi connectivity index (χ0n) is 14.5. The van der Waals surface area contributed by atoms with Gasteiger partial charge in [-0.3, -0.25) is 4.79 Å². The molecular weight excluding hydrogens is 322 g/mol. The molecule has 3 rings (SSSR count). The molecule has 25 heavy (non-hydrogen) atoms. The largest absolute Gasteiger partial charge is 0.490 e. The fraction of sp³-hybridized carbons (Fsp3) is 0.444. The van der Waals surface area contributed by atoms with Gasteiger partial charge >= 0.3 is 0 Å². The average molecular weight is 345 g/mol. The quantitative estimate of drug-likeness (QED) is 0.895. The topological polar surface area (TPSA) is 76.8 Å². The maximum absolute atomic E-state index is 12.7. The molecule has 1 aromatic heterocycles. The Labute approximate surface area is 146 Å². The van der Waals surface area contributed by atoms with E-state index in [0.29, 0.717) is 24.7 Å². The predicted octanol–water partition coefficient (Wildman–Crippen LogP) is 1.01. The van der Waals surface area contributed by atoms with Crippen LogP contribution < -0.4 is 4.74 Å². The van der Waals surface area contributed by atoms with E-state index in [1.54, 1.807) is 28.9 Å². The van der Waals surface area contributed by atoms with Gasteiger partial charge < -0.3 is 24.0 Å². The Morgan fingerprint density at radius 3 is 3.04 bits per heavy atom. The fourth-order valence-electron chi connectivity index (χ4n) is 2.81. The maximum Gasteiger partial charge on any atom is 0.290 e. The number of hydrogen-bond donors (Lipinski definition) is 1. The van der Waals surface area contributed by atoms with Crippen LogP contribution in [0, 0.1) is 6.92 Å². The van der Waals surface area contributed by atoms with Crippen molar-refractivity contribution in [2.75, 3.05) is 32.9 Å². The molecule has 2 aromatic rings. The number of carbonyl (C=O) groups is 1. The third-order valence-corrected chi connectivity index (χ3v) is 4.16. The monoisotopic (exact) mass is 345 g/mol. The van der Waals surface area contributed by atoms with E-state index in [2.05, 4.69) is 4.98 Å². The zero-order valence-corrected chi connectivity index (χ0v) is 14.5. The predicted molar refractivity (Wildman–Crippen MR) is 91.6 cm³/mol. The molecule has 1 amide bonds. The van der Waals surface area contributed by atoms with Gasteiger partial charge in [0, 0.05) is 26.0 Å². The van der Waals surface area contributed by atoms with E-state index in [4.69, 9.17) is 9.47 Å². The van der Waals surface area contributed by atoms with Crippen molar-refractivity contribution < 1.29 is 19.4 Å². The molecule has 0 aliphatic carbocycles. The second kappa shape index (κ2) is 7.25. The molecule has 0 radical (unpaired) electrons. The first-order valence-corrected chi connectivity index (χ1v) is 8.23. The number of amides is 1. The number of β-amino-alcohol motifs (C(OH)–C–C–N with tert-alkyl or cyclic N) is 1. The van der Waals surface area contributed by atoms with Gasteiger partial charge in [-0.15, -0.1) is 0 Å². The van der Waals surface area contributed by atoms with E-state index in [9.17, 15) is 9.90 Å². The SMILES string of the molecule is Cc1cccc(OC[C@@]2(O)COCCN(C(=O)c3nccn3C)C2)c1. The van der Waals surface area contributed by atoms with Crippen molar-refractivity contribution in [1.82, 2.24) is 14.5 Å². The van der Waals surface area contributed by atoms with Crippen molar-refractivity contribution in [3.05, 3.63) is 48.0 Å². The highest BCUT2D eigenvalue weighted by molar-refractivity contribution is 5.90. The summed E-state index contributed by atoms with van der Waals surface area (Å²) in [6.07, 6.45) is 3.29. The fourth-order valence-corrected chi connectivity index (χ4v) is 2.81. The minimum Gasteiger partial charge on any atom is -0.490 e. The molecule has 7 nitrogen and oxygen atoms in total. The van der Waals surface area contributed by atoms with Crippen LogP contribution in [0.4, 0.5) is 0 Å². The summed E-state index contributed by atoms with van der Waals surface area (Å²) < 4.78 is 12.9. The highest BCUT2D eigenvalue weighted by Gasteiger charge is 2.36. The lowest BCUT2D eigenvalue weighted by atomic mass is 10.1. The van der Waals surface area contributed by atoms with E-state index in [-0.39, 0.29) is 25.7 Å². The van der Waals surface area contributed by atoms with Gasteiger partial charge in [0.2, 0.25) is 0 Å². The number of aryl methyl sites for hydroxylation is 2. The molecule has 1 fully saturated rings. The summed E-state index contributed by atoms with van der Waals surface area (Å²) in [4.78, 5) is 18.3. The number of benzene rings is 1. The van der Waals surface area contributed by atoms with Crippen LogP contribution in [0.3, 0.4) is 0 Å². The number of hydrogen-bond acceptors (Lipinski definition) is 5.